The molecular formula is C16H14N4O5. The number of rotatable bonds is 4. The van der Waals surface area contributed by atoms with Gasteiger partial charge in [-0.2, -0.15) is 5.10 Å². The maximum atomic E-state index is 12.6. The summed E-state index contributed by atoms with van der Waals surface area (Å²) in [6.45, 7) is 3.11. The number of aromatic nitrogens is 3. The Labute approximate surface area is 140 Å². The quantitative estimate of drug-likeness (QED) is 0.737. The Balaban J connectivity index is 2.05. The Morgan fingerprint density at radius 3 is 2.56 bits per heavy atom. The predicted molar refractivity (Wildman–Crippen MR) is 87.5 cm³/mol. The highest BCUT2D eigenvalue weighted by Gasteiger charge is 2.23. The van der Waals surface area contributed by atoms with Crippen LogP contribution in [0.2, 0.25) is 0 Å². The van der Waals surface area contributed by atoms with Crippen molar-refractivity contribution in [3.8, 4) is 0 Å². The van der Waals surface area contributed by atoms with Crippen molar-refractivity contribution in [3.63, 3.8) is 0 Å². The first-order valence-corrected chi connectivity index (χ1v) is 7.37. The van der Waals surface area contributed by atoms with E-state index in [0.717, 1.165) is 4.68 Å². The van der Waals surface area contributed by atoms with Crippen LogP contribution in [0.1, 0.15) is 29.2 Å². The van der Waals surface area contributed by atoms with Crippen molar-refractivity contribution in [2.75, 3.05) is 5.32 Å². The molecule has 0 aliphatic rings. The zero-order chi connectivity index (χ0) is 18.1. The van der Waals surface area contributed by atoms with Gasteiger partial charge in [0.1, 0.15) is 11.8 Å². The molecule has 0 aliphatic heterocycles. The number of nitrogens with zero attached hydrogens (tertiary/aromatic N) is 3. The van der Waals surface area contributed by atoms with Crippen LogP contribution in [-0.2, 0) is 4.79 Å². The maximum absolute atomic E-state index is 12.6. The van der Waals surface area contributed by atoms with E-state index in [1.54, 1.807) is 19.1 Å². The van der Waals surface area contributed by atoms with Crippen molar-refractivity contribution in [3.05, 3.63) is 52.1 Å². The van der Waals surface area contributed by atoms with E-state index in [0.29, 0.717) is 5.76 Å². The van der Waals surface area contributed by atoms with Crippen LogP contribution in [-0.4, -0.2) is 31.9 Å². The molecule has 1 amide bonds. The Bertz CT molecular complexity index is 1040. The molecule has 25 heavy (non-hydrogen) atoms. The molecule has 1 aromatic carbocycles. The van der Waals surface area contributed by atoms with Gasteiger partial charge in [-0.05, 0) is 19.9 Å². The SMILES string of the molecule is Cc1cc(NC(=O)C(C)n2nc(C(=O)O)c3ccccc3c2=O)no1. The zero-order valence-corrected chi connectivity index (χ0v) is 13.4. The molecule has 0 saturated carbocycles. The second-order valence-corrected chi connectivity index (χ2v) is 5.44. The molecule has 0 spiro atoms. The number of carboxylic acids is 1. The van der Waals surface area contributed by atoms with E-state index >= 15 is 0 Å². The number of anilines is 1. The molecule has 0 bridgehead atoms. The number of fused-ring (bicyclic) bond motifs is 1. The zero-order valence-electron chi connectivity index (χ0n) is 13.4. The Morgan fingerprint density at radius 2 is 1.96 bits per heavy atom. The molecule has 3 rings (SSSR count). The van der Waals surface area contributed by atoms with Crippen LogP contribution in [0.15, 0.2) is 39.6 Å². The van der Waals surface area contributed by atoms with Crippen molar-refractivity contribution in [1.82, 2.24) is 14.9 Å². The third-order valence-corrected chi connectivity index (χ3v) is 3.66. The third kappa shape index (κ3) is 2.99. The van der Waals surface area contributed by atoms with Crippen LogP contribution in [0.3, 0.4) is 0 Å². The minimum atomic E-state index is -1.29. The van der Waals surface area contributed by atoms with E-state index in [4.69, 9.17) is 4.52 Å². The molecule has 0 aliphatic carbocycles. The van der Waals surface area contributed by atoms with E-state index in [1.165, 1.54) is 25.1 Å². The molecule has 1 unspecified atom stereocenters. The summed E-state index contributed by atoms with van der Waals surface area (Å²) in [4.78, 5) is 36.4. The highest BCUT2D eigenvalue weighted by molar-refractivity contribution is 6.01. The summed E-state index contributed by atoms with van der Waals surface area (Å²) in [6, 6.07) is 6.69. The molecule has 0 saturated heterocycles. The van der Waals surface area contributed by atoms with Gasteiger partial charge in [-0.25, -0.2) is 9.48 Å². The highest BCUT2D eigenvalue weighted by atomic mass is 16.5. The minimum absolute atomic E-state index is 0.173. The van der Waals surface area contributed by atoms with Crippen molar-refractivity contribution in [1.29, 1.82) is 0 Å². The van der Waals surface area contributed by atoms with Crippen LogP contribution in [0.5, 0.6) is 0 Å². The number of nitrogens with one attached hydrogen (secondary N) is 1. The Kier molecular flexibility index (Phi) is 4.05. The number of aromatic carboxylic acids is 1. The average Bonchev–Trinajstić information content (AvgIpc) is 2.99. The molecule has 3 aromatic rings. The lowest BCUT2D eigenvalue weighted by atomic mass is 10.1. The first kappa shape index (κ1) is 16.4. The fourth-order valence-corrected chi connectivity index (χ4v) is 2.39. The van der Waals surface area contributed by atoms with Gasteiger partial charge in [0.2, 0.25) is 5.91 Å². The third-order valence-electron chi connectivity index (χ3n) is 3.66. The molecule has 2 heterocycles. The first-order valence-electron chi connectivity index (χ1n) is 7.37. The fourth-order valence-electron chi connectivity index (χ4n) is 2.39. The van der Waals surface area contributed by atoms with Gasteiger partial charge < -0.3 is 14.9 Å². The maximum Gasteiger partial charge on any atom is 0.357 e. The molecule has 2 N–H and O–H groups in total. The number of carboxylic acid groups (broad SMARTS) is 1. The second-order valence-electron chi connectivity index (χ2n) is 5.44. The number of hydrogen-bond acceptors (Lipinski definition) is 6. The van der Waals surface area contributed by atoms with Gasteiger partial charge in [0.05, 0.1) is 5.39 Å². The largest absolute Gasteiger partial charge is 0.476 e. The molecular weight excluding hydrogens is 328 g/mol. The number of amides is 1. The van der Waals surface area contributed by atoms with Crippen molar-refractivity contribution < 1.29 is 19.2 Å². The monoisotopic (exact) mass is 342 g/mol. The van der Waals surface area contributed by atoms with E-state index in [-0.39, 0.29) is 22.3 Å². The van der Waals surface area contributed by atoms with Gasteiger partial charge in [-0.1, -0.05) is 23.4 Å². The second kappa shape index (κ2) is 6.19. The van der Waals surface area contributed by atoms with E-state index in [2.05, 4.69) is 15.6 Å². The average molecular weight is 342 g/mol. The summed E-state index contributed by atoms with van der Waals surface area (Å²) in [5, 5.41) is 19.8. The van der Waals surface area contributed by atoms with Gasteiger partial charge in [0.25, 0.3) is 5.56 Å². The topological polar surface area (TPSA) is 127 Å². The normalized spacial score (nSPS) is 12.1. The molecule has 9 nitrogen and oxygen atoms in total. The summed E-state index contributed by atoms with van der Waals surface area (Å²) < 4.78 is 5.71. The lowest BCUT2D eigenvalue weighted by molar-refractivity contribution is -0.119. The summed E-state index contributed by atoms with van der Waals surface area (Å²) >= 11 is 0. The molecule has 1 atom stereocenters. The Hall–Kier alpha value is -3.49. The molecule has 9 heteroatoms. The van der Waals surface area contributed by atoms with Crippen molar-refractivity contribution in [2.45, 2.75) is 19.9 Å². The summed E-state index contributed by atoms with van der Waals surface area (Å²) in [7, 11) is 0. The molecule has 2 aromatic heterocycles. The van der Waals surface area contributed by atoms with Crippen LogP contribution in [0, 0.1) is 6.92 Å². The minimum Gasteiger partial charge on any atom is -0.476 e. The first-order chi connectivity index (χ1) is 11.9. The molecule has 0 fully saturated rings. The van der Waals surface area contributed by atoms with Gasteiger partial charge in [-0.3, -0.25) is 9.59 Å². The lowest BCUT2D eigenvalue weighted by Crippen LogP contribution is -2.34. The van der Waals surface area contributed by atoms with Gasteiger partial charge in [0.15, 0.2) is 11.5 Å². The van der Waals surface area contributed by atoms with Gasteiger partial charge >= 0.3 is 5.97 Å². The predicted octanol–water partition coefficient (Wildman–Crippen LogP) is 1.59. The fraction of sp³-hybridized carbons (Fsp3) is 0.188. The molecule has 0 radical (unpaired) electrons. The lowest BCUT2D eigenvalue weighted by Gasteiger charge is -2.14. The smallest absolute Gasteiger partial charge is 0.357 e. The summed E-state index contributed by atoms with van der Waals surface area (Å²) in [5.74, 6) is -1.15. The number of carbonyl (C=O) groups is 2. The van der Waals surface area contributed by atoms with Crippen LogP contribution in [0.4, 0.5) is 5.82 Å². The Morgan fingerprint density at radius 1 is 1.28 bits per heavy atom. The van der Waals surface area contributed by atoms with E-state index in [9.17, 15) is 19.5 Å². The van der Waals surface area contributed by atoms with Crippen molar-refractivity contribution in [2.24, 2.45) is 0 Å². The van der Waals surface area contributed by atoms with Crippen LogP contribution >= 0.6 is 0 Å². The highest BCUT2D eigenvalue weighted by Crippen LogP contribution is 2.16. The number of hydrogen-bond donors (Lipinski definition) is 2. The van der Waals surface area contributed by atoms with Crippen molar-refractivity contribution >= 4 is 28.5 Å². The van der Waals surface area contributed by atoms with Crippen LogP contribution in [0.25, 0.3) is 10.8 Å². The van der Waals surface area contributed by atoms with E-state index in [1.807, 2.05) is 0 Å². The van der Waals surface area contributed by atoms with Gasteiger partial charge in [0, 0.05) is 11.5 Å². The van der Waals surface area contributed by atoms with Gasteiger partial charge in [-0.15, -0.1) is 0 Å². The number of carbonyl (C=O) groups excluding carboxylic acids is 1. The number of benzene rings is 1. The standard InChI is InChI=1S/C16H14N4O5/c1-8-7-12(19-25-8)17-14(21)9(2)20-15(22)11-6-4-3-5-10(11)13(18-20)16(23)24/h3-7,9H,1-2H3,(H,23,24)(H,17,19,21). The number of aryl methyl sites for hydroxylation is 1. The molecule has 128 valence electrons. The summed E-state index contributed by atoms with van der Waals surface area (Å²) in [6.07, 6.45) is 0. The van der Waals surface area contributed by atoms with Crippen LogP contribution < -0.4 is 10.9 Å². The summed E-state index contributed by atoms with van der Waals surface area (Å²) in [5.41, 5.74) is -0.855. The van der Waals surface area contributed by atoms with E-state index < -0.39 is 23.5 Å².